The van der Waals surface area contributed by atoms with Gasteiger partial charge < -0.3 is 15.0 Å². The lowest BCUT2D eigenvalue weighted by Crippen LogP contribution is -2.35. The van der Waals surface area contributed by atoms with E-state index in [-0.39, 0.29) is 23.4 Å². The molecular weight excluding hydrogens is 490 g/mol. The molecule has 0 bridgehead atoms. The summed E-state index contributed by atoms with van der Waals surface area (Å²) in [5, 5.41) is 17.0. The van der Waals surface area contributed by atoms with Crippen molar-refractivity contribution in [3.8, 4) is 6.07 Å². The van der Waals surface area contributed by atoms with E-state index < -0.39 is 0 Å². The fourth-order valence-corrected chi connectivity index (χ4v) is 4.90. The van der Waals surface area contributed by atoms with Gasteiger partial charge in [0.15, 0.2) is 0 Å². The summed E-state index contributed by atoms with van der Waals surface area (Å²) >= 11 is 0. The van der Waals surface area contributed by atoms with Gasteiger partial charge in [-0.1, -0.05) is 38.6 Å². The molecular formula is C31H37N5O3. The fraction of sp³-hybridized carbons (Fsp3) is 0.419. The number of carbonyl (C=O) groups excluding carboxylic acids is 1. The predicted molar refractivity (Wildman–Crippen MR) is 153 cm³/mol. The highest BCUT2D eigenvalue weighted by Crippen LogP contribution is 2.33. The Morgan fingerprint density at radius 1 is 1.26 bits per heavy atom. The number of hydrogen-bond acceptors (Lipinski definition) is 6. The molecule has 0 radical (unpaired) electrons. The minimum Gasteiger partial charge on any atom is -0.375 e. The molecule has 1 N–H and O–H groups in total. The molecule has 0 spiro atoms. The Balaban J connectivity index is 0.00000172. The van der Waals surface area contributed by atoms with Gasteiger partial charge >= 0.3 is 0 Å². The number of aromatic nitrogens is 2. The Morgan fingerprint density at radius 3 is 2.77 bits per heavy atom. The first-order chi connectivity index (χ1) is 19.0. The summed E-state index contributed by atoms with van der Waals surface area (Å²) in [7, 11) is 0. The first kappa shape index (κ1) is 28.1. The topological polar surface area (TPSA) is 100 Å². The molecule has 1 amide bonds. The highest BCUT2D eigenvalue weighted by molar-refractivity contribution is 5.94. The molecule has 8 nitrogen and oxygen atoms in total. The molecule has 8 heteroatoms. The van der Waals surface area contributed by atoms with Crippen molar-refractivity contribution in [3.63, 3.8) is 0 Å². The van der Waals surface area contributed by atoms with Gasteiger partial charge in [0, 0.05) is 31.3 Å². The average molecular weight is 528 g/mol. The molecule has 1 aromatic carbocycles. The number of allylic oxidation sites excluding steroid dienone is 1. The second-order valence-electron chi connectivity index (χ2n) is 9.81. The molecule has 3 aliphatic rings. The zero-order valence-electron chi connectivity index (χ0n) is 23.1. The van der Waals surface area contributed by atoms with Crippen LogP contribution in [-0.2, 0) is 11.3 Å². The van der Waals surface area contributed by atoms with E-state index in [2.05, 4.69) is 34.0 Å². The van der Waals surface area contributed by atoms with Crippen molar-refractivity contribution in [1.82, 2.24) is 15.1 Å². The SMILES string of the molecule is C=C(/C=C1/CN(c2ccc(=O)n(C3CC3)n2)CC/C1=C/C)CNC(=O)c1ccc2c(c1)C(C#N)COC2.CC. The Morgan fingerprint density at radius 2 is 2.05 bits per heavy atom. The molecule has 3 heterocycles. The maximum Gasteiger partial charge on any atom is 0.267 e. The largest absolute Gasteiger partial charge is 0.375 e. The molecule has 5 rings (SSSR count). The number of hydrogen-bond donors (Lipinski definition) is 1. The van der Waals surface area contributed by atoms with Crippen LogP contribution >= 0.6 is 0 Å². The van der Waals surface area contributed by atoms with E-state index in [4.69, 9.17) is 4.74 Å². The standard InChI is InChI=1S/C29H31N5O3.C2H6/c1-3-20-10-11-33(27-8-9-28(35)34(32-27)25-6-7-25)16-23(20)12-19(2)15-31-29(36)21-4-5-22-17-37-18-24(14-30)26(22)13-21;1-2/h3-5,8-9,12-13,24-25H,2,6-7,10-11,15-18H2,1H3,(H,31,36);1-2H3/b20-3-,23-12-;. The molecule has 2 fully saturated rings. The molecule has 1 saturated heterocycles. The fourth-order valence-electron chi connectivity index (χ4n) is 4.90. The third-order valence-electron chi connectivity index (χ3n) is 7.14. The number of nitrogens with one attached hydrogen (secondary N) is 1. The second kappa shape index (κ2) is 12.7. The number of piperidine rings is 1. The minimum atomic E-state index is -0.359. The average Bonchev–Trinajstić information content (AvgIpc) is 3.82. The van der Waals surface area contributed by atoms with Crippen LogP contribution in [0.25, 0.3) is 0 Å². The maximum absolute atomic E-state index is 12.9. The van der Waals surface area contributed by atoms with Crippen LogP contribution in [-0.4, -0.2) is 41.9 Å². The number of nitrogens with zero attached hydrogens (tertiary/aromatic N) is 4. The van der Waals surface area contributed by atoms with E-state index in [1.165, 1.54) is 5.57 Å². The number of rotatable bonds is 6. The molecule has 1 aromatic heterocycles. The summed E-state index contributed by atoms with van der Waals surface area (Å²) in [5.41, 5.74) is 5.46. The molecule has 204 valence electrons. The van der Waals surface area contributed by atoms with Crippen molar-refractivity contribution in [1.29, 1.82) is 5.26 Å². The van der Waals surface area contributed by atoms with E-state index in [1.807, 2.05) is 32.9 Å². The van der Waals surface area contributed by atoms with E-state index >= 15 is 0 Å². The summed E-state index contributed by atoms with van der Waals surface area (Å²) < 4.78 is 7.08. The van der Waals surface area contributed by atoms with Gasteiger partial charge in [0.2, 0.25) is 0 Å². The van der Waals surface area contributed by atoms with Gasteiger partial charge in [-0.3, -0.25) is 9.59 Å². The van der Waals surface area contributed by atoms with E-state index in [0.717, 1.165) is 53.9 Å². The second-order valence-corrected chi connectivity index (χ2v) is 9.81. The summed E-state index contributed by atoms with van der Waals surface area (Å²) in [6, 6.07) is 11.3. The van der Waals surface area contributed by atoms with Crippen molar-refractivity contribution in [2.75, 3.05) is 31.1 Å². The van der Waals surface area contributed by atoms with Crippen LogP contribution in [0.5, 0.6) is 0 Å². The maximum atomic E-state index is 12.9. The number of anilines is 1. The first-order valence-corrected chi connectivity index (χ1v) is 13.7. The normalized spacial score (nSPS) is 20.5. The van der Waals surface area contributed by atoms with Crippen molar-refractivity contribution in [2.24, 2.45) is 0 Å². The zero-order chi connectivity index (χ0) is 27.9. The van der Waals surface area contributed by atoms with E-state index in [1.54, 1.807) is 28.9 Å². The number of fused-ring (bicyclic) bond motifs is 1. The van der Waals surface area contributed by atoms with E-state index in [9.17, 15) is 14.9 Å². The minimum absolute atomic E-state index is 0.0484. The number of ether oxygens (including phenoxy) is 1. The van der Waals surface area contributed by atoms with Crippen LogP contribution in [0.3, 0.4) is 0 Å². The molecule has 2 aliphatic heterocycles. The monoisotopic (exact) mass is 527 g/mol. The van der Waals surface area contributed by atoms with E-state index in [0.29, 0.717) is 31.9 Å². The lowest BCUT2D eigenvalue weighted by Gasteiger charge is -2.32. The lowest BCUT2D eigenvalue weighted by molar-refractivity contribution is 0.0952. The Hall–Kier alpha value is -3.96. The third-order valence-corrected chi connectivity index (χ3v) is 7.14. The number of amides is 1. The van der Waals surface area contributed by atoms with Gasteiger partial charge in [-0.2, -0.15) is 10.4 Å². The van der Waals surface area contributed by atoms with Gasteiger partial charge in [-0.05, 0) is 72.2 Å². The number of carbonyl (C=O) groups is 1. The van der Waals surface area contributed by atoms with Gasteiger partial charge in [-0.25, -0.2) is 4.68 Å². The van der Waals surface area contributed by atoms with Crippen LogP contribution in [0.1, 0.15) is 73.5 Å². The van der Waals surface area contributed by atoms with Crippen LogP contribution in [0.2, 0.25) is 0 Å². The quantitative estimate of drug-likeness (QED) is 0.579. The Kier molecular flexibility index (Phi) is 9.15. The molecule has 39 heavy (non-hydrogen) atoms. The van der Waals surface area contributed by atoms with Crippen molar-refractivity contribution in [2.45, 2.75) is 58.6 Å². The van der Waals surface area contributed by atoms with Gasteiger partial charge in [0.25, 0.3) is 11.5 Å². The summed E-state index contributed by atoms with van der Waals surface area (Å²) in [4.78, 5) is 27.2. The predicted octanol–water partition coefficient (Wildman–Crippen LogP) is 4.81. The van der Waals surface area contributed by atoms with Gasteiger partial charge in [-0.15, -0.1) is 0 Å². The molecule has 1 aliphatic carbocycles. The first-order valence-electron chi connectivity index (χ1n) is 13.7. The van der Waals surface area contributed by atoms with Crippen LogP contribution in [0.4, 0.5) is 5.82 Å². The molecule has 1 unspecified atom stereocenters. The Labute approximate surface area is 230 Å². The highest BCUT2D eigenvalue weighted by atomic mass is 16.5. The number of nitriles is 1. The molecule has 2 aromatic rings. The summed E-state index contributed by atoms with van der Waals surface area (Å²) in [5.74, 6) is 0.247. The lowest BCUT2D eigenvalue weighted by atomic mass is 9.92. The zero-order valence-corrected chi connectivity index (χ0v) is 23.1. The van der Waals surface area contributed by atoms with Crippen molar-refractivity contribution >= 4 is 11.7 Å². The Bertz CT molecular complexity index is 1390. The third kappa shape index (κ3) is 6.55. The summed E-state index contributed by atoms with van der Waals surface area (Å²) in [6.07, 6.45) is 7.04. The van der Waals surface area contributed by atoms with Crippen molar-refractivity contribution in [3.05, 3.63) is 92.8 Å². The highest BCUT2D eigenvalue weighted by Gasteiger charge is 2.27. The number of benzene rings is 1. The van der Waals surface area contributed by atoms with Crippen LogP contribution in [0, 0.1) is 11.3 Å². The summed E-state index contributed by atoms with van der Waals surface area (Å²) in [6.45, 7) is 12.8. The van der Waals surface area contributed by atoms with Gasteiger partial charge in [0.05, 0.1) is 31.2 Å². The molecule has 1 atom stereocenters. The molecule has 1 saturated carbocycles. The van der Waals surface area contributed by atoms with Gasteiger partial charge in [0.1, 0.15) is 5.82 Å². The van der Waals surface area contributed by atoms with Crippen molar-refractivity contribution < 1.29 is 9.53 Å². The smallest absolute Gasteiger partial charge is 0.267 e. The van der Waals surface area contributed by atoms with Crippen LogP contribution < -0.4 is 15.8 Å². The van der Waals surface area contributed by atoms with Crippen LogP contribution in [0.15, 0.2) is 70.6 Å².